The molecule has 3 heterocycles. The monoisotopic (exact) mass is 329 g/mol. The summed E-state index contributed by atoms with van der Waals surface area (Å²) in [5.74, 6) is 1.13. The van der Waals surface area contributed by atoms with E-state index in [0.717, 1.165) is 26.1 Å². The van der Waals surface area contributed by atoms with Gasteiger partial charge in [0.25, 0.3) is 0 Å². The maximum atomic E-state index is 6.10. The molecule has 24 heavy (non-hydrogen) atoms. The van der Waals surface area contributed by atoms with Crippen LogP contribution in [0.2, 0.25) is 0 Å². The number of hydrogen-bond donors (Lipinski definition) is 1. The van der Waals surface area contributed by atoms with Crippen LogP contribution in [-0.4, -0.2) is 32.7 Å². The van der Waals surface area contributed by atoms with Gasteiger partial charge in [-0.2, -0.15) is 10.2 Å². The number of nitrogens with one attached hydrogen (secondary N) is 1. The van der Waals surface area contributed by atoms with Crippen LogP contribution in [0, 0.1) is 5.92 Å². The predicted octanol–water partition coefficient (Wildman–Crippen LogP) is 3.09. The molecule has 2 atom stereocenters. The zero-order valence-corrected chi connectivity index (χ0v) is 14.6. The Kier molecular flexibility index (Phi) is 4.31. The molecule has 0 radical (unpaired) electrons. The minimum atomic E-state index is 0.146. The number of anilines is 1. The fraction of sp³-hybridized carbons (Fsp3) is 0.667. The maximum Gasteiger partial charge on any atom is 0.0900 e. The summed E-state index contributed by atoms with van der Waals surface area (Å²) in [5.41, 5.74) is 3.65. The molecule has 130 valence electrons. The van der Waals surface area contributed by atoms with Crippen LogP contribution in [0.4, 0.5) is 5.69 Å². The van der Waals surface area contributed by atoms with Gasteiger partial charge in [-0.15, -0.1) is 0 Å². The first kappa shape index (κ1) is 15.7. The highest BCUT2D eigenvalue weighted by molar-refractivity contribution is 5.49. The van der Waals surface area contributed by atoms with Crippen LogP contribution in [0.25, 0.3) is 0 Å². The quantitative estimate of drug-likeness (QED) is 0.885. The van der Waals surface area contributed by atoms with Crippen LogP contribution in [0.3, 0.4) is 0 Å². The van der Waals surface area contributed by atoms with Crippen molar-refractivity contribution >= 4 is 5.69 Å². The summed E-state index contributed by atoms with van der Waals surface area (Å²) in [6, 6.07) is 0. The van der Waals surface area contributed by atoms with Gasteiger partial charge in [-0.3, -0.25) is 9.36 Å². The molecule has 0 bridgehead atoms. The van der Waals surface area contributed by atoms with E-state index in [4.69, 9.17) is 4.74 Å². The van der Waals surface area contributed by atoms with E-state index in [-0.39, 0.29) is 6.10 Å². The molecule has 0 amide bonds. The van der Waals surface area contributed by atoms with E-state index in [2.05, 4.69) is 34.8 Å². The largest absolute Gasteiger partial charge is 0.382 e. The van der Waals surface area contributed by atoms with Crippen LogP contribution in [-0.2, 0) is 18.3 Å². The molecule has 1 aliphatic carbocycles. The lowest BCUT2D eigenvalue weighted by Gasteiger charge is -2.31. The lowest BCUT2D eigenvalue weighted by Crippen LogP contribution is -2.28. The summed E-state index contributed by atoms with van der Waals surface area (Å²) >= 11 is 0. The van der Waals surface area contributed by atoms with Crippen molar-refractivity contribution in [2.75, 3.05) is 18.5 Å². The van der Waals surface area contributed by atoms with E-state index in [1.807, 2.05) is 22.6 Å². The summed E-state index contributed by atoms with van der Waals surface area (Å²) in [6.07, 6.45) is 11.2. The molecular formula is C18H27N5O. The van der Waals surface area contributed by atoms with E-state index in [0.29, 0.717) is 11.8 Å². The fourth-order valence-corrected chi connectivity index (χ4v) is 3.66. The van der Waals surface area contributed by atoms with Crippen LogP contribution in [0.15, 0.2) is 18.6 Å². The number of aromatic nitrogens is 4. The summed E-state index contributed by atoms with van der Waals surface area (Å²) < 4.78 is 10.0. The minimum Gasteiger partial charge on any atom is -0.382 e. The van der Waals surface area contributed by atoms with Gasteiger partial charge < -0.3 is 10.1 Å². The molecule has 2 aliphatic rings. The molecular weight excluding hydrogens is 302 g/mol. The Morgan fingerprint density at radius 3 is 2.92 bits per heavy atom. The standard InChI is InChI=1S/C18H27N5O/c1-3-23-11-15(10-20-23)18-14(5-4-8-24-18)9-19-16-12-22(2)21-17(16)13-6-7-13/h10-14,18-19H,3-9H2,1-2H3/t14-,18+/m0/s1. The lowest BCUT2D eigenvalue weighted by atomic mass is 9.90. The number of rotatable bonds is 6. The van der Waals surface area contributed by atoms with Crippen molar-refractivity contribution in [3.8, 4) is 0 Å². The number of hydrogen-bond acceptors (Lipinski definition) is 4. The molecule has 1 aliphatic heterocycles. The van der Waals surface area contributed by atoms with Gasteiger partial charge >= 0.3 is 0 Å². The number of aryl methyl sites for hydroxylation is 2. The fourth-order valence-electron chi connectivity index (χ4n) is 3.66. The van der Waals surface area contributed by atoms with Crippen molar-refractivity contribution in [3.05, 3.63) is 29.8 Å². The van der Waals surface area contributed by atoms with E-state index >= 15 is 0 Å². The summed E-state index contributed by atoms with van der Waals surface area (Å²) in [5, 5.41) is 12.7. The summed E-state index contributed by atoms with van der Waals surface area (Å²) in [6.45, 7) is 4.78. The van der Waals surface area contributed by atoms with Crippen molar-refractivity contribution in [2.24, 2.45) is 13.0 Å². The summed E-state index contributed by atoms with van der Waals surface area (Å²) in [4.78, 5) is 0. The maximum absolute atomic E-state index is 6.10. The Morgan fingerprint density at radius 2 is 2.17 bits per heavy atom. The second kappa shape index (κ2) is 6.59. The van der Waals surface area contributed by atoms with Gasteiger partial charge in [0.2, 0.25) is 0 Å². The molecule has 0 unspecified atom stereocenters. The van der Waals surface area contributed by atoms with Crippen molar-refractivity contribution in [1.82, 2.24) is 19.6 Å². The second-order valence-electron chi connectivity index (χ2n) is 7.08. The first-order valence-corrected chi connectivity index (χ1v) is 9.16. The third-order valence-electron chi connectivity index (χ3n) is 5.13. The zero-order chi connectivity index (χ0) is 16.5. The minimum absolute atomic E-state index is 0.146. The topological polar surface area (TPSA) is 56.9 Å². The Balaban J connectivity index is 1.45. The van der Waals surface area contributed by atoms with Crippen LogP contribution in [0.1, 0.15) is 55.9 Å². The predicted molar refractivity (Wildman–Crippen MR) is 93.0 cm³/mol. The second-order valence-corrected chi connectivity index (χ2v) is 7.08. The van der Waals surface area contributed by atoms with Crippen molar-refractivity contribution in [3.63, 3.8) is 0 Å². The van der Waals surface area contributed by atoms with Gasteiger partial charge in [0.05, 0.1) is 23.7 Å². The molecule has 0 spiro atoms. The molecule has 2 fully saturated rings. The average Bonchev–Trinajstić information content (AvgIpc) is 3.21. The zero-order valence-electron chi connectivity index (χ0n) is 14.6. The highest BCUT2D eigenvalue weighted by Gasteiger charge is 2.31. The Bertz CT molecular complexity index is 687. The first-order valence-electron chi connectivity index (χ1n) is 9.16. The molecule has 1 N–H and O–H groups in total. The third-order valence-corrected chi connectivity index (χ3v) is 5.13. The molecule has 2 aromatic heterocycles. The van der Waals surface area contributed by atoms with E-state index in [9.17, 15) is 0 Å². The van der Waals surface area contributed by atoms with E-state index in [1.165, 1.54) is 36.2 Å². The lowest BCUT2D eigenvalue weighted by molar-refractivity contribution is -0.0239. The van der Waals surface area contributed by atoms with E-state index in [1.54, 1.807) is 0 Å². The van der Waals surface area contributed by atoms with Gasteiger partial charge in [0.1, 0.15) is 0 Å². The number of nitrogens with zero attached hydrogens (tertiary/aromatic N) is 4. The first-order chi connectivity index (χ1) is 11.7. The van der Waals surface area contributed by atoms with Gasteiger partial charge in [0, 0.05) is 56.5 Å². The molecule has 2 aromatic rings. The Morgan fingerprint density at radius 1 is 1.29 bits per heavy atom. The highest BCUT2D eigenvalue weighted by atomic mass is 16.5. The van der Waals surface area contributed by atoms with Crippen LogP contribution in [0.5, 0.6) is 0 Å². The van der Waals surface area contributed by atoms with Crippen LogP contribution < -0.4 is 5.32 Å². The van der Waals surface area contributed by atoms with Gasteiger partial charge in [-0.1, -0.05) is 0 Å². The smallest absolute Gasteiger partial charge is 0.0900 e. The van der Waals surface area contributed by atoms with E-state index < -0.39 is 0 Å². The molecule has 0 aromatic carbocycles. The van der Waals surface area contributed by atoms with Crippen molar-refractivity contribution in [1.29, 1.82) is 0 Å². The molecule has 6 heteroatoms. The average molecular weight is 329 g/mol. The van der Waals surface area contributed by atoms with Gasteiger partial charge in [-0.05, 0) is 32.6 Å². The molecule has 4 rings (SSSR count). The molecule has 1 saturated carbocycles. The number of ether oxygens (including phenoxy) is 1. The highest BCUT2D eigenvalue weighted by Crippen LogP contribution is 2.42. The van der Waals surface area contributed by atoms with Gasteiger partial charge in [0.15, 0.2) is 0 Å². The normalized spacial score (nSPS) is 24.2. The van der Waals surface area contributed by atoms with Crippen molar-refractivity contribution in [2.45, 2.75) is 51.2 Å². The van der Waals surface area contributed by atoms with Crippen LogP contribution >= 0.6 is 0 Å². The third kappa shape index (κ3) is 3.20. The summed E-state index contributed by atoms with van der Waals surface area (Å²) in [7, 11) is 2.00. The van der Waals surface area contributed by atoms with Gasteiger partial charge in [-0.25, -0.2) is 0 Å². The molecule has 1 saturated heterocycles. The SMILES string of the molecule is CCn1cc([C@@H]2OCCC[C@H]2CNc2cn(C)nc2C2CC2)cn1. The Hall–Kier alpha value is -1.82. The van der Waals surface area contributed by atoms with Crippen molar-refractivity contribution < 1.29 is 4.74 Å². The Labute approximate surface area is 143 Å². The molecule has 6 nitrogen and oxygen atoms in total.